The molecular weight excluding hydrogens is 312 g/mol. The number of ether oxygens (including phenoxy) is 3. The van der Waals surface area contributed by atoms with Gasteiger partial charge in [0.1, 0.15) is 5.54 Å². The first-order valence-corrected chi connectivity index (χ1v) is 7.91. The smallest absolute Gasteiger partial charge is 0.338 e. The lowest BCUT2D eigenvalue weighted by Crippen LogP contribution is -2.50. The molecule has 0 atom stereocenters. The van der Waals surface area contributed by atoms with E-state index in [9.17, 15) is 14.9 Å². The molecule has 24 heavy (non-hydrogen) atoms. The first-order chi connectivity index (χ1) is 11.6. The van der Waals surface area contributed by atoms with E-state index in [1.165, 1.54) is 6.07 Å². The van der Waals surface area contributed by atoms with E-state index in [4.69, 9.17) is 14.2 Å². The fourth-order valence-corrected chi connectivity index (χ4v) is 2.96. The number of benzene rings is 1. The molecule has 1 aliphatic carbocycles. The van der Waals surface area contributed by atoms with Gasteiger partial charge in [0.05, 0.1) is 11.6 Å². The summed E-state index contributed by atoms with van der Waals surface area (Å²) >= 11 is 0. The van der Waals surface area contributed by atoms with Gasteiger partial charge in [0, 0.05) is 0 Å². The van der Waals surface area contributed by atoms with Gasteiger partial charge in [0.25, 0.3) is 5.91 Å². The van der Waals surface area contributed by atoms with E-state index in [0.29, 0.717) is 24.3 Å². The summed E-state index contributed by atoms with van der Waals surface area (Å²) in [4.78, 5) is 24.0. The Kier molecular flexibility index (Phi) is 4.56. The van der Waals surface area contributed by atoms with Crippen molar-refractivity contribution in [3.05, 3.63) is 23.8 Å². The lowest BCUT2D eigenvalue weighted by atomic mass is 9.83. The van der Waals surface area contributed by atoms with Crippen LogP contribution in [0.5, 0.6) is 11.5 Å². The maximum Gasteiger partial charge on any atom is 0.338 e. The minimum atomic E-state index is -0.833. The first-order valence-electron chi connectivity index (χ1n) is 7.91. The number of nitriles is 1. The van der Waals surface area contributed by atoms with Gasteiger partial charge in [0.15, 0.2) is 18.1 Å². The van der Waals surface area contributed by atoms with Crippen molar-refractivity contribution in [1.82, 2.24) is 5.32 Å². The maximum absolute atomic E-state index is 12.0. The van der Waals surface area contributed by atoms with Crippen molar-refractivity contribution in [3.63, 3.8) is 0 Å². The van der Waals surface area contributed by atoms with Crippen molar-refractivity contribution in [2.24, 2.45) is 0 Å². The predicted octanol–water partition coefficient (Wildman–Crippen LogP) is 1.91. The monoisotopic (exact) mass is 330 g/mol. The molecule has 1 heterocycles. The van der Waals surface area contributed by atoms with Crippen molar-refractivity contribution in [1.29, 1.82) is 5.26 Å². The molecule has 1 aromatic carbocycles. The number of nitrogens with zero attached hydrogens (tertiary/aromatic N) is 1. The van der Waals surface area contributed by atoms with Crippen LogP contribution in [-0.2, 0) is 9.53 Å². The Balaban J connectivity index is 1.54. The summed E-state index contributed by atoms with van der Waals surface area (Å²) in [5, 5.41) is 12.0. The summed E-state index contributed by atoms with van der Waals surface area (Å²) in [6.07, 6.45) is 4.14. The molecule has 0 spiro atoms. The second kappa shape index (κ2) is 6.79. The molecule has 1 saturated carbocycles. The summed E-state index contributed by atoms with van der Waals surface area (Å²) < 4.78 is 15.4. The van der Waals surface area contributed by atoms with Gasteiger partial charge >= 0.3 is 5.97 Å². The van der Waals surface area contributed by atoms with Crippen molar-refractivity contribution < 1.29 is 23.8 Å². The second-order valence-electron chi connectivity index (χ2n) is 5.95. The minimum absolute atomic E-state index is 0.118. The zero-order chi connectivity index (χ0) is 17.0. The SMILES string of the molecule is N#CC1(NC(=O)COC(=O)c2ccc3c(c2)OCO3)CCCCC1. The Morgan fingerprint density at radius 1 is 1.21 bits per heavy atom. The number of esters is 1. The molecule has 1 aliphatic heterocycles. The zero-order valence-electron chi connectivity index (χ0n) is 13.2. The van der Waals surface area contributed by atoms with Crippen LogP contribution in [0.3, 0.4) is 0 Å². The second-order valence-corrected chi connectivity index (χ2v) is 5.95. The number of hydrogen-bond acceptors (Lipinski definition) is 6. The normalized spacial score (nSPS) is 17.6. The minimum Gasteiger partial charge on any atom is -0.454 e. The van der Waals surface area contributed by atoms with Gasteiger partial charge in [-0.05, 0) is 31.0 Å². The quantitative estimate of drug-likeness (QED) is 0.847. The van der Waals surface area contributed by atoms with E-state index in [1.54, 1.807) is 12.1 Å². The van der Waals surface area contributed by atoms with E-state index >= 15 is 0 Å². The van der Waals surface area contributed by atoms with Gasteiger partial charge in [-0.25, -0.2) is 4.79 Å². The molecule has 126 valence electrons. The van der Waals surface area contributed by atoms with Crippen LogP contribution in [0.2, 0.25) is 0 Å². The lowest BCUT2D eigenvalue weighted by molar-refractivity contribution is -0.125. The Morgan fingerprint density at radius 3 is 2.71 bits per heavy atom. The third-order valence-corrected chi connectivity index (χ3v) is 4.24. The van der Waals surface area contributed by atoms with Crippen LogP contribution >= 0.6 is 0 Å². The number of amides is 1. The van der Waals surface area contributed by atoms with Gasteiger partial charge in [-0.3, -0.25) is 4.79 Å². The van der Waals surface area contributed by atoms with E-state index < -0.39 is 24.0 Å². The van der Waals surface area contributed by atoms with Gasteiger partial charge < -0.3 is 19.5 Å². The molecule has 1 aromatic rings. The maximum atomic E-state index is 12.0. The first kappa shape index (κ1) is 16.1. The van der Waals surface area contributed by atoms with Crippen molar-refractivity contribution >= 4 is 11.9 Å². The summed E-state index contributed by atoms with van der Waals surface area (Å²) in [7, 11) is 0. The molecule has 0 aromatic heterocycles. The van der Waals surface area contributed by atoms with Crippen molar-refractivity contribution in [2.75, 3.05) is 13.4 Å². The highest BCUT2D eigenvalue weighted by Gasteiger charge is 2.33. The van der Waals surface area contributed by atoms with Gasteiger partial charge in [-0.2, -0.15) is 5.26 Å². The molecule has 7 heteroatoms. The van der Waals surface area contributed by atoms with Crippen LogP contribution in [0.15, 0.2) is 18.2 Å². The summed E-state index contributed by atoms with van der Waals surface area (Å²) in [5.41, 5.74) is -0.555. The van der Waals surface area contributed by atoms with Gasteiger partial charge in [-0.1, -0.05) is 19.3 Å². The van der Waals surface area contributed by atoms with Gasteiger partial charge in [-0.15, -0.1) is 0 Å². The zero-order valence-corrected chi connectivity index (χ0v) is 13.2. The Bertz CT molecular complexity index is 689. The van der Waals surface area contributed by atoms with Crippen LogP contribution in [0.25, 0.3) is 0 Å². The summed E-state index contributed by atoms with van der Waals surface area (Å²) in [6, 6.07) is 6.87. The van der Waals surface area contributed by atoms with Gasteiger partial charge in [0.2, 0.25) is 6.79 Å². The van der Waals surface area contributed by atoms with Crippen LogP contribution in [0.1, 0.15) is 42.5 Å². The van der Waals surface area contributed by atoms with Crippen LogP contribution in [0, 0.1) is 11.3 Å². The molecule has 0 radical (unpaired) electrons. The van der Waals surface area contributed by atoms with E-state index in [-0.39, 0.29) is 12.4 Å². The number of hydrogen-bond donors (Lipinski definition) is 1. The van der Waals surface area contributed by atoms with Crippen molar-refractivity contribution in [3.8, 4) is 17.6 Å². The predicted molar refractivity (Wildman–Crippen MR) is 82.4 cm³/mol. The highest BCUT2D eigenvalue weighted by Crippen LogP contribution is 2.32. The molecule has 0 unspecified atom stereocenters. The molecule has 7 nitrogen and oxygen atoms in total. The largest absolute Gasteiger partial charge is 0.454 e. The molecule has 2 aliphatic rings. The van der Waals surface area contributed by atoms with Crippen molar-refractivity contribution in [2.45, 2.75) is 37.6 Å². The molecule has 0 saturated heterocycles. The fourth-order valence-electron chi connectivity index (χ4n) is 2.96. The molecule has 1 N–H and O–H groups in total. The van der Waals surface area contributed by atoms with Crippen LogP contribution in [-0.4, -0.2) is 30.8 Å². The summed E-state index contributed by atoms with van der Waals surface area (Å²) in [6.45, 7) is -0.302. The third-order valence-electron chi connectivity index (χ3n) is 4.24. The standard InChI is InChI=1S/C17H18N2O5/c18-10-17(6-2-1-3-7-17)19-15(20)9-22-16(21)12-4-5-13-14(8-12)24-11-23-13/h4-5,8H,1-3,6-7,9,11H2,(H,19,20). The lowest BCUT2D eigenvalue weighted by Gasteiger charge is -2.31. The number of carbonyl (C=O) groups excluding carboxylic acids is 2. The molecular formula is C17H18N2O5. The average Bonchev–Trinajstić information content (AvgIpc) is 3.08. The Labute approximate surface area is 139 Å². The molecule has 0 bridgehead atoms. The molecule has 1 fully saturated rings. The number of rotatable bonds is 4. The number of carbonyl (C=O) groups is 2. The number of fused-ring (bicyclic) bond motifs is 1. The number of nitrogens with one attached hydrogen (secondary N) is 1. The van der Waals surface area contributed by atoms with Crippen LogP contribution < -0.4 is 14.8 Å². The van der Waals surface area contributed by atoms with Crippen LogP contribution in [0.4, 0.5) is 0 Å². The summed E-state index contributed by atoms with van der Waals surface area (Å²) in [5.74, 6) is -0.0530. The van der Waals surface area contributed by atoms with E-state index in [1.807, 2.05) is 0 Å². The third kappa shape index (κ3) is 3.43. The Morgan fingerprint density at radius 2 is 1.96 bits per heavy atom. The fraction of sp³-hybridized carbons (Fsp3) is 0.471. The Hall–Kier alpha value is -2.75. The average molecular weight is 330 g/mol. The van der Waals surface area contributed by atoms with E-state index in [0.717, 1.165) is 19.3 Å². The van der Waals surface area contributed by atoms with E-state index in [2.05, 4.69) is 11.4 Å². The highest BCUT2D eigenvalue weighted by atomic mass is 16.7. The molecule has 3 rings (SSSR count). The topological polar surface area (TPSA) is 97.7 Å². The molecule has 1 amide bonds. The highest BCUT2D eigenvalue weighted by molar-refractivity contribution is 5.92.